The van der Waals surface area contributed by atoms with Gasteiger partial charge in [-0.25, -0.2) is 4.58 Å². The van der Waals surface area contributed by atoms with E-state index in [1.54, 1.807) is 28.4 Å². The van der Waals surface area contributed by atoms with E-state index in [0.29, 0.717) is 6.04 Å². The summed E-state index contributed by atoms with van der Waals surface area (Å²) in [5.41, 5.74) is 5.03. The monoisotopic (exact) mass is 354 g/mol. The van der Waals surface area contributed by atoms with Crippen LogP contribution in [0.15, 0.2) is 24.3 Å². The molecule has 2 aromatic rings. The summed E-state index contributed by atoms with van der Waals surface area (Å²) in [7, 11) is 6.74. The highest BCUT2D eigenvalue weighted by Gasteiger charge is 2.36. The molecule has 0 unspecified atom stereocenters. The maximum absolute atomic E-state index is 5.63. The first-order chi connectivity index (χ1) is 12.7. The van der Waals surface area contributed by atoms with Crippen LogP contribution in [0.4, 0.5) is 0 Å². The van der Waals surface area contributed by atoms with Crippen molar-refractivity contribution in [1.82, 2.24) is 0 Å². The van der Waals surface area contributed by atoms with Crippen molar-refractivity contribution in [2.24, 2.45) is 0 Å². The van der Waals surface area contributed by atoms with Gasteiger partial charge in [0.15, 0.2) is 35.3 Å². The van der Waals surface area contributed by atoms with E-state index >= 15 is 0 Å². The number of methoxy groups -OCH3 is 4. The standard InChI is InChI=1S/C21H24NO4/c1-23-18-6-5-13-9-17-15-11-20(25-3)19(24-2)10-14(15)7-8-22(17)12-16(13)21(18)26-4/h5-6,10-12,17H,7-9H2,1-4H3/q+1/t17-/m0/s1. The molecule has 0 aromatic heterocycles. The predicted octanol–water partition coefficient (Wildman–Crippen LogP) is 3.01. The molecule has 0 amide bonds. The van der Waals surface area contributed by atoms with E-state index in [9.17, 15) is 0 Å². The number of benzene rings is 2. The fourth-order valence-electron chi connectivity index (χ4n) is 4.11. The first kappa shape index (κ1) is 16.8. The predicted molar refractivity (Wildman–Crippen MR) is 99.5 cm³/mol. The maximum atomic E-state index is 5.63. The zero-order chi connectivity index (χ0) is 18.3. The zero-order valence-corrected chi connectivity index (χ0v) is 15.7. The van der Waals surface area contributed by atoms with Crippen molar-refractivity contribution in [3.63, 3.8) is 0 Å². The molecule has 0 radical (unpaired) electrons. The van der Waals surface area contributed by atoms with E-state index in [1.165, 1.54) is 16.7 Å². The van der Waals surface area contributed by atoms with E-state index in [0.717, 1.165) is 47.9 Å². The second-order valence-corrected chi connectivity index (χ2v) is 6.62. The number of fused-ring (bicyclic) bond motifs is 4. The normalized spacial score (nSPS) is 17.4. The molecule has 0 saturated carbocycles. The fourth-order valence-corrected chi connectivity index (χ4v) is 4.11. The minimum Gasteiger partial charge on any atom is -0.493 e. The third-order valence-corrected chi connectivity index (χ3v) is 5.43. The van der Waals surface area contributed by atoms with Gasteiger partial charge in [0.25, 0.3) is 0 Å². The molecular weight excluding hydrogens is 330 g/mol. The number of hydrogen-bond donors (Lipinski definition) is 0. The van der Waals surface area contributed by atoms with Crippen LogP contribution in [-0.4, -0.2) is 45.8 Å². The minimum atomic E-state index is 0.296. The first-order valence-corrected chi connectivity index (χ1v) is 8.79. The Morgan fingerprint density at radius 1 is 0.846 bits per heavy atom. The first-order valence-electron chi connectivity index (χ1n) is 8.79. The maximum Gasteiger partial charge on any atom is 0.182 e. The van der Waals surface area contributed by atoms with Crippen LogP contribution in [0.2, 0.25) is 0 Å². The largest absolute Gasteiger partial charge is 0.493 e. The Morgan fingerprint density at radius 3 is 2.27 bits per heavy atom. The van der Waals surface area contributed by atoms with E-state index in [4.69, 9.17) is 18.9 Å². The fraction of sp³-hybridized carbons (Fsp3) is 0.381. The van der Waals surface area contributed by atoms with Crippen LogP contribution in [0.1, 0.15) is 28.3 Å². The molecular formula is C21H24NO4+. The summed E-state index contributed by atoms with van der Waals surface area (Å²) in [6, 6.07) is 8.67. The smallest absolute Gasteiger partial charge is 0.182 e. The Balaban J connectivity index is 1.82. The van der Waals surface area contributed by atoms with Crippen molar-refractivity contribution in [1.29, 1.82) is 0 Å². The summed E-state index contributed by atoms with van der Waals surface area (Å²) in [6.07, 6.45) is 4.11. The molecule has 5 nitrogen and oxygen atoms in total. The van der Waals surface area contributed by atoms with Crippen LogP contribution in [-0.2, 0) is 12.8 Å². The summed E-state index contributed by atoms with van der Waals surface area (Å²) < 4.78 is 24.5. The Hall–Kier alpha value is -2.69. The molecule has 2 aliphatic heterocycles. The van der Waals surface area contributed by atoms with E-state index in [2.05, 4.69) is 29.0 Å². The topological polar surface area (TPSA) is 39.9 Å². The summed E-state index contributed by atoms with van der Waals surface area (Å²) in [4.78, 5) is 0. The van der Waals surface area contributed by atoms with Crippen LogP contribution in [0, 0.1) is 0 Å². The lowest BCUT2D eigenvalue weighted by Gasteiger charge is -2.29. The van der Waals surface area contributed by atoms with Gasteiger partial charge in [-0.15, -0.1) is 0 Å². The quantitative estimate of drug-likeness (QED) is 0.792. The van der Waals surface area contributed by atoms with Gasteiger partial charge in [0.1, 0.15) is 6.54 Å². The van der Waals surface area contributed by atoms with Gasteiger partial charge in [0, 0.05) is 18.4 Å². The van der Waals surface area contributed by atoms with Crippen molar-refractivity contribution >= 4 is 6.21 Å². The molecule has 0 N–H and O–H groups in total. The summed E-state index contributed by atoms with van der Waals surface area (Å²) in [5.74, 6) is 3.16. The highest BCUT2D eigenvalue weighted by Crippen LogP contribution is 2.42. The molecule has 0 saturated heterocycles. The lowest BCUT2D eigenvalue weighted by atomic mass is 9.85. The van der Waals surface area contributed by atoms with Crippen molar-refractivity contribution in [2.75, 3.05) is 35.0 Å². The highest BCUT2D eigenvalue weighted by molar-refractivity contribution is 5.85. The van der Waals surface area contributed by atoms with Crippen LogP contribution >= 0.6 is 0 Å². The van der Waals surface area contributed by atoms with E-state index in [1.807, 2.05) is 6.07 Å². The Kier molecular flexibility index (Phi) is 4.23. The Morgan fingerprint density at radius 2 is 1.58 bits per heavy atom. The number of ether oxygens (including phenoxy) is 4. The third-order valence-electron chi connectivity index (χ3n) is 5.43. The second-order valence-electron chi connectivity index (χ2n) is 6.62. The molecule has 0 bridgehead atoms. The molecule has 0 spiro atoms. The average molecular weight is 354 g/mol. The van der Waals surface area contributed by atoms with Crippen LogP contribution < -0.4 is 18.9 Å². The molecule has 2 aromatic carbocycles. The molecule has 1 atom stereocenters. The van der Waals surface area contributed by atoms with Crippen LogP contribution in [0.3, 0.4) is 0 Å². The Labute approximate surface area is 153 Å². The Bertz CT molecular complexity index is 888. The van der Waals surface area contributed by atoms with Crippen LogP contribution in [0.25, 0.3) is 0 Å². The molecule has 26 heavy (non-hydrogen) atoms. The SMILES string of the molecule is COc1cc2c(cc1OC)[C@@H]1Cc3ccc(OC)c(OC)c3C=[N+]1CC2. The number of rotatable bonds is 4. The molecule has 136 valence electrons. The lowest BCUT2D eigenvalue weighted by molar-refractivity contribution is -0.573. The van der Waals surface area contributed by atoms with Gasteiger partial charge in [0.05, 0.1) is 34.0 Å². The average Bonchev–Trinajstić information content (AvgIpc) is 2.70. The summed E-state index contributed by atoms with van der Waals surface area (Å²) >= 11 is 0. The number of nitrogens with zero attached hydrogens (tertiary/aromatic N) is 1. The third kappa shape index (κ3) is 2.50. The van der Waals surface area contributed by atoms with Gasteiger partial charge in [-0.2, -0.15) is 0 Å². The molecule has 0 aliphatic carbocycles. The van der Waals surface area contributed by atoms with Crippen LogP contribution in [0.5, 0.6) is 23.0 Å². The minimum absolute atomic E-state index is 0.296. The summed E-state index contributed by atoms with van der Waals surface area (Å²) in [6.45, 7) is 0.965. The molecule has 4 rings (SSSR count). The van der Waals surface area contributed by atoms with E-state index < -0.39 is 0 Å². The van der Waals surface area contributed by atoms with Gasteiger partial charge in [0.2, 0.25) is 0 Å². The number of hydrogen-bond acceptors (Lipinski definition) is 4. The zero-order valence-electron chi connectivity index (χ0n) is 15.7. The molecule has 2 heterocycles. The van der Waals surface area contributed by atoms with Crippen molar-refractivity contribution in [3.05, 3.63) is 46.5 Å². The van der Waals surface area contributed by atoms with E-state index in [-0.39, 0.29) is 0 Å². The van der Waals surface area contributed by atoms with Gasteiger partial charge in [-0.3, -0.25) is 0 Å². The van der Waals surface area contributed by atoms with Gasteiger partial charge in [-0.05, 0) is 29.3 Å². The van der Waals surface area contributed by atoms with Crippen molar-refractivity contribution in [3.8, 4) is 23.0 Å². The van der Waals surface area contributed by atoms with Crippen molar-refractivity contribution < 1.29 is 23.5 Å². The van der Waals surface area contributed by atoms with Gasteiger partial charge < -0.3 is 18.9 Å². The molecule has 2 aliphatic rings. The second kappa shape index (κ2) is 6.56. The lowest BCUT2D eigenvalue weighted by Crippen LogP contribution is -2.33. The molecule has 0 fully saturated rings. The highest BCUT2D eigenvalue weighted by atomic mass is 16.5. The molecule has 5 heteroatoms. The van der Waals surface area contributed by atoms with Crippen molar-refractivity contribution in [2.45, 2.75) is 18.9 Å². The summed E-state index contributed by atoms with van der Waals surface area (Å²) in [5, 5.41) is 0. The van der Waals surface area contributed by atoms with Gasteiger partial charge >= 0.3 is 0 Å². The van der Waals surface area contributed by atoms with Gasteiger partial charge in [-0.1, -0.05) is 6.07 Å².